The second-order valence-corrected chi connectivity index (χ2v) is 6.66. The molecule has 162 valence electrons. The molecule has 0 radical (unpaired) electrons. The molecule has 0 saturated carbocycles. The minimum atomic E-state index is -5.08. The molecule has 2 aromatic carbocycles. The number of halogens is 3. The van der Waals surface area contributed by atoms with Gasteiger partial charge in [-0.1, -0.05) is 30.3 Å². The van der Waals surface area contributed by atoms with Crippen molar-refractivity contribution in [1.29, 1.82) is 0 Å². The van der Waals surface area contributed by atoms with Crippen LogP contribution in [0.1, 0.15) is 17.2 Å². The van der Waals surface area contributed by atoms with Crippen molar-refractivity contribution in [3.05, 3.63) is 72.1 Å². The van der Waals surface area contributed by atoms with Crippen molar-refractivity contribution < 1.29 is 27.4 Å². The molecular weight excluding hydrogens is 411 g/mol. The van der Waals surface area contributed by atoms with Crippen molar-refractivity contribution in [2.45, 2.75) is 19.2 Å². The number of esters is 1. The van der Waals surface area contributed by atoms with Gasteiger partial charge in [0, 0.05) is 11.6 Å². The molecule has 0 aliphatic heterocycles. The van der Waals surface area contributed by atoms with E-state index in [4.69, 9.17) is 9.47 Å². The van der Waals surface area contributed by atoms with Crippen molar-refractivity contribution in [2.24, 2.45) is 0 Å². The summed E-state index contributed by atoms with van der Waals surface area (Å²) in [6.45, 7) is 1.80. The van der Waals surface area contributed by atoms with Crippen LogP contribution in [0.15, 0.2) is 60.9 Å². The first-order valence-electron chi connectivity index (χ1n) is 9.31. The van der Waals surface area contributed by atoms with E-state index in [2.05, 4.69) is 15.3 Å². The van der Waals surface area contributed by atoms with E-state index < -0.39 is 18.2 Å². The third kappa shape index (κ3) is 5.71. The number of rotatable bonds is 7. The predicted octanol–water partition coefficient (Wildman–Crippen LogP) is 4.72. The highest BCUT2D eigenvalue weighted by atomic mass is 19.4. The Morgan fingerprint density at radius 2 is 1.84 bits per heavy atom. The van der Waals surface area contributed by atoms with Crippen LogP contribution in [0, 0.1) is 6.92 Å². The lowest BCUT2D eigenvalue weighted by molar-refractivity contribution is -0.204. The zero-order valence-electron chi connectivity index (χ0n) is 16.8. The zero-order chi connectivity index (χ0) is 22.4. The normalized spacial score (nSPS) is 12.2. The Labute approximate surface area is 177 Å². The summed E-state index contributed by atoms with van der Waals surface area (Å²) < 4.78 is 48.0. The number of nitrogens with zero attached hydrogens (tertiary/aromatic N) is 2. The number of hydrogen-bond acceptors (Lipinski definition) is 6. The molecule has 0 saturated heterocycles. The van der Waals surface area contributed by atoms with Gasteiger partial charge in [-0.3, -0.25) is 0 Å². The highest BCUT2D eigenvalue weighted by molar-refractivity contribution is 5.76. The number of anilines is 1. The number of carbonyl (C=O) groups excluding carboxylic acids is 1. The number of benzene rings is 2. The minimum absolute atomic E-state index is 0.107. The number of nitrogens with one attached hydrogen (secondary N) is 1. The molecule has 0 amide bonds. The fourth-order valence-electron chi connectivity index (χ4n) is 2.94. The number of carbonyl (C=O) groups is 1. The molecule has 1 atom stereocenters. The molecule has 1 N–H and O–H groups in total. The van der Waals surface area contributed by atoms with Crippen molar-refractivity contribution in [3.63, 3.8) is 0 Å². The van der Waals surface area contributed by atoms with Crippen molar-refractivity contribution in [3.8, 4) is 17.0 Å². The molecule has 1 heterocycles. The lowest BCUT2D eigenvalue weighted by Crippen LogP contribution is -2.29. The summed E-state index contributed by atoms with van der Waals surface area (Å²) in [5.74, 6) is -1.13. The molecule has 1 aromatic heterocycles. The molecule has 3 rings (SSSR count). The van der Waals surface area contributed by atoms with Crippen molar-refractivity contribution in [1.82, 2.24) is 9.97 Å². The maximum Gasteiger partial charge on any atom is 0.490 e. The van der Waals surface area contributed by atoms with E-state index in [0.717, 1.165) is 16.9 Å². The molecule has 0 spiro atoms. The predicted molar refractivity (Wildman–Crippen MR) is 109 cm³/mol. The summed E-state index contributed by atoms with van der Waals surface area (Å²) in [6, 6.07) is 15.4. The molecule has 9 heteroatoms. The third-order valence-electron chi connectivity index (χ3n) is 4.48. The van der Waals surface area contributed by atoms with Crippen LogP contribution in [0.2, 0.25) is 0 Å². The van der Waals surface area contributed by atoms with Gasteiger partial charge in [0.15, 0.2) is 0 Å². The average molecular weight is 431 g/mol. The minimum Gasteiger partial charge on any atom is -0.496 e. The van der Waals surface area contributed by atoms with E-state index in [9.17, 15) is 18.0 Å². The Kier molecular flexibility index (Phi) is 6.74. The van der Waals surface area contributed by atoms with Gasteiger partial charge >= 0.3 is 12.1 Å². The third-order valence-corrected chi connectivity index (χ3v) is 4.48. The summed E-state index contributed by atoms with van der Waals surface area (Å²) in [6.07, 6.45) is -4.89. The summed E-state index contributed by atoms with van der Waals surface area (Å²) in [7, 11) is 1.59. The monoisotopic (exact) mass is 431 g/mol. The summed E-state index contributed by atoms with van der Waals surface area (Å²) in [4.78, 5) is 19.7. The van der Waals surface area contributed by atoms with Crippen LogP contribution in [0.3, 0.4) is 0 Å². The molecule has 0 aliphatic rings. The van der Waals surface area contributed by atoms with Gasteiger partial charge < -0.3 is 14.8 Å². The Balaban J connectivity index is 1.78. The van der Waals surface area contributed by atoms with Gasteiger partial charge in [-0.05, 0) is 36.2 Å². The molecule has 0 fully saturated rings. The van der Waals surface area contributed by atoms with E-state index >= 15 is 0 Å². The van der Waals surface area contributed by atoms with Crippen LogP contribution in [-0.4, -0.2) is 35.8 Å². The Morgan fingerprint density at radius 3 is 2.48 bits per heavy atom. The first-order chi connectivity index (χ1) is 14.8. The molecule has 3 aromatic rings. The van der Waals surface area contributed by atoms with Crippen LogP contribution in [0.4, 0.5) is 19.0 Å². The van der Waals surface area contributed by atoms with Crippen LogP contribution >= 0.6 is 0 Å². The largest absolute Gasteiger partial charge is 0.496 e. The molecule has 0 aliphatic carbocycles. The van der Waals surface area contributed by atoms with Crippen LogP contribution in [0.5, 0.6) is 5.75 Å². The number of methoxy groups -OCH3 is 1. The molecule has 31 heavy (non-hydrogen) atoms. The Hall–Kier alpha value is -3.62. The highest BCUT2D eigenvalue weighted by Crippen LogP contribution is 2.27. The van der Waals surface area contributed by atoms with Gasteiger partial charge in [-0.2, -0.15) is 13.2 Å². The van der Waals surface area contributed by atoms with Gasteiger partial charge in [0.1, 0.15) is 24.0 Å². The van der Waals surface area contributed by atoms with Gasteiger partial charge in [0.2, 0.25) is 0 Å². The SMILES string of the molecule is COc1ccc(-c2cc(NC[C@H](OC(=O)C(F)(F)F)c3ccccc3)ncn2)cc1C. The average Bonchev–Trinajstić information content (AvgIpc) is 2.76. The number of ether oxygens (including phenoxy) is 2. The molecule has 6 nitrogen and oxygen atoms in total. The van der Waals surface area contributed by atoms with Crippen LogP contribution in [0.25, 0.3) is 11.3 Å². The van der Waals surface area contributed by atoms with Crippen molar-refractivity contribution in [2.75, 3.05) is 19.0 Å². The van der Waals surface area contributed by atoms with Gasteiger partial charge in [0.25, 0.3) is 0 Å². The maximum absolute atomic E-state index is 12.7. The lowest BCUT2D eigenvalue weighted by atomic mass is 10.1. The number of alkyl halides is 3. The first-order valence-corrected chi connectivity index (χ1v) is 9.31. The van der Waals surface area contributed by atoms with E-state index in [-0.39, 0.29) is 6.54 Å². The first kappa shape index (κ1) is 22.1. The quantitative estimate of drug-likeness (QED) is 0.546. The molecule has 0 bridgehead atoms. The van der Waals surface area contributed by atoms with E-state index in [1.165, 1.54) is 6.33 Å². The van der Waals surface area contributed by atoms with Crippen molar-refractivity contribution >= 4 is 11.8 Å². The second-order valence-electron chi connectivity index (χ2n) is 6.66. The lowest BCUT2D eigenvalue weighted by Gasteiger charge is -2.20. The van der Waals surface area contributed by atoms with Crippen LogP contribution in [-0.2, 0) is 9.53 Å². The smallest absolute Gasteiger partial charge is 0.490 e. The van der Waals surface area contributed by atoms with E-state index in [1.807, 2.05) is 25.1 Å². The number of aromatic nitrogens is 2. The number of hydrogen-bond donors (Lipinski definition) is 1. The number of aryl methyl sites for hydroxylation is 1. The highest BCUT2D eigenvalue weighted by Gasteiger charge is 2.42. The maximum atomic E-state index is 12.7. The molecular formula is C22H20F3N3O3. The fraction of sp³-hybridized carbons (Fsp3) is 0.227. The van der Waals surface area contributed by atoms with Crippen LogP contribution < -0.4 is 10.1 Å². The zero-order valence-corrected chi connectivity index (χ0v) is 16.8. The Morgan fingerprint density at radius 1 is 1.10 bits per heavy atom. The fourth-order valence-corrected chi connectivity index (χ4v) is 2.94. The van der Waals surface area contributed by atoms with E-state index in [1.54, 1.807) is 43.5 Å². The summed E-state index contributed by atoms with van der Waals surface area (Å²) in [5, 5.41) is 2.93. The standard InChI is InChI=1S/C22H20F3N3O3/c1-14-10-16(8-9-18(14)30-2)17-11-20(28-13-27-17)26-12-19(15-6-4-3-5-7-15)31-21(29)22(23,24)25/h3-11,13,19H,12H2,1-2H3,(H,26,27,28)/t19-/m0/s1. The summed E-state index contributed by atoms with van der Waals surface area (Å²) >= 11 is 0. The topological polar surface area (TPSA) is 73.3 Å². The van der Waals surface area contributed by atoms with E-state index in [0.29, 0.717) is 17.1 Å². The van der Waals surface area contributed by atoms with Gasteiger partial charge in [-0.15, -0.1) is 0 Å². The summed E-state index contributed by atoms with van der Waals surface area (Å²) in [5.41, 5.74) is 2.79. The van der Waals surface area contributed by atoms with Gasteiger partial charge in [-0.25, -0.2) is 14.8 Å². The second kappa shape index (κ2) is 9.46. The van der Waals surface area contributed by atoms with Gasteiger partial charge in [0.05, 0.1) is 19.3 Å². The Bertz CT molecular complexity index is 1040. The molecule has 0 unspecified atom stereocenters.